The average molecular weight is 449 g/mol. The molecule has 2 aromatic carbocycles. The zero-order valence-corrected chi connectivity index (χ0v) is 19.0. The topological polar surface area (TPSA) is 94.2 Å². The number of hydrogen-bond donors (Lipinski definition) is 1. The molecule has 0 aromatic heterocycles. The number of ether oxygens (including phenoxy) is 3. The van der Waals surface area contributed by atoms with Gasteiger partial charge in [0.1, 0.15) is 17.2 Å². The summed E-state index contributed by atoms with van der Waals surface area (Å²) >= 11 is 0. The molecule has 1 saturated heterocycles. The largest absolute Gasteiger partial charge is 0.497 e. The SMILES string of the molecule is COc1ccc(NC(=O)C2CCCN(S(=O)(=O)c3ccc(OC)c(C)c3)C2)c(OC)c1. The van der Waals surface area contributed by atoms with Crippen LogP contribution in [-0.2, 0) is 14.8 Å². The number of carbonyl (C=O) groups excluding carboxylic acids is 1. The van der Waals surface area contributed by atoms with Gasteiger partial charge in [0.25, 0.3) is 0 Å². The highest BCUT2D eigenvalue weighted by atomic mass is 32.2. The second kappa shape index (κ2) is 9.57. The number of anilines is 1. The van der Waals surface area contributed by atoms with Crippen LogP contribution in [0.3, 0.4) is 0 Å². The van der Waals surface area contributed by atoms with Crippen LogP contribution >= 0.6 is 0 Å². The maximum atomic E-state index is 13.2. The molecular weight excluding hydrogens is 420 g/mol. The van der Waals surface area contributed by atoms with E-state index >= 15 is 0 Å². The van der Waals surface area contributed by atoms with Gasteiger partial charge in [0, 0.05) is 19.2 Å². The summed E-state index contributed by atoms with van der Waals surface area (Å²) in [6, 6.07) is 9.88. The molecule has 1 atom stereocenters. The first kappa shape index (κ1) is 22.9. The molecule has 0 radical (unpaired) electrons. The molecule has 0 bridgehead atoms. The van der Waals surface area contributed by atoms with Crippen molar-refractivity contribution in [3.05, 3.63) is 42.0 Å². The van der Waals surface area contributed by atoms with Gasteiger partial charge in [-0.05, 0) is 55.7 Å². The molecule has 2 aromatic rings. The van der Waals surface area contributed by atoms with E-state index in [1.54, 1.807) is 51.5 Å². The molecule has 1 fully saturated rings. The van der Waals surface area contributed by atoms with E-state index in [0.717, 1.165) is 5.56 Å². The first-order valence-electron chi connectivity index (χ1n) is 9.97. The van der Waals surface area contributed by atoms with Gasteiger partial charge in [0.2, 0.25) is 15.9 Å². The van der Waals surface area contributed by atoms with E-state index in [9.17, 15) is 13.2 Å². The van der Waals surface area contributed by atoms with Crippen molar-refractivity contribution in [2.24, 2.45) is 5.92 Å². The van der Waals surface area contributed by atoms with Gasteiger partial charge in [0.05, 0.1) is 37.8 Å². The highest BCUT2D eigenvalue weighted by molar-refractivity contribution is 7.89. The van der Waals surface area contributed by atoms with Crippen molar-refractivity contribution >= 4 is 21.6 Å². The summed E-state index contributed by atoms with van der Waals surface area (Å²) in [6.45, 7) is 2.30. The van der Waals surface area contributed by atoms with Crippen LogP contribution in [0.15, 0.2) is 41.3 Å². The van der Waals surface area contributed by atoms with Gasteiger partial charge >= 0.3 is 0 Å². The molecule has 1 unspecified atom stereocenters. The monoisotopic (exact) mass is 448 g/mol. The molecule has 9 heteroatoms. The standard InChI is InChI=1S/C22H28N2O6S/c1-15-12-18(8-10-20(15)29-3)31(26,27)24-11-5-6-16(14-24)22(25)23-19-9-7-17(28-2)13-21(19)30-4/h7-10,12-13,16H,5-6,11,14H2,1-4H3,(H,23,25). The fourth-order valence-corrected chi connectivity index (χ4v) is 5.28. The average Bonchev–Trinajstić information content (AvgIpc) is 2.79. The highest BCUT2D eigenvalue weighted by Crippen LogP contribution is 2.31. The summed E-state index contributed by atoms with van der Waals surface area (Å²) in [7, 11) is 0.890. The van der Waals surface area contributed by atoms with Gasteiger partial charge in [0.15, 0.2) is 0 Å². The van der Waals surface area contributed by atoms with Crippen LogP contribution in [0.2, 0.25) is 0 Å². The summed E-state index contributed by atoms with van der Waals surface area (Å²) in [5, 5.41) is 2.86. The summed E-state index contributed by atoms with van der Waals surface area (Å²) in [4.78, 5) is 13.1. The third-order valence-electron chi connectivity index (χ3n) is 5.43. The van der Waals surface area contributed by atoms with Gasteiger partial charge in [-0.1, -0.05) is 0 Å². The molecule has 1 aliphatic heterocycles. The van der Waals surface area contributed by atoms with E-state index in [1.807, 2.05) is 0 Å². The van der Waals surface area contributed by atoms with Crippen LogP contribution in [0.4, 0.5) is 5.69 Å². The Morgan fingerprint density at radius 3 is 2.42 bits per heavy atom. The predicted octanol–water partition coefficient (Wildman–Crippen LogP) is 3.06. The van der Waals surface area contributed by atoms with Crippen LogP contribution in [0.5, 0.6) is 17.2 Å². The number of amides is 1. The summed E-state index contributed by atoms with van der Waals surface area (Å²) in [5.74, 6) is 1.01. The Morgan fingerprint density at radius 1 is 1.03 bits per heavy atom. The Morgan fingerprint density at radius 2 is 1.77 bits per heavy atom. The number of hydrogen-bond acceptors (Lipinski definition) is 6. The Hall–Kier alpha value is -2.78. The first-order chi connectivity index (χ1) is 14.8. The molecule has 8 nitrogen and oxygen atoms in total. The maximum absolute atomic E-state index is 13.2. The number of carbonyl (C=O) groups is 1. The van der Waals surface area contributed by atoms with Crippen LogP contribution < -0.4 is 19.5 Å². The lowest BCUT2D eigenvalue weighted by Crippen LogP contribution is -2.43. The van der Waals surface area contributed by atoms with E-state index in [0.29, 0.717) is 42.3 Å². The second-order valence-electron chi connectivity index (χ2n) is 7.39. The van der Waals surface area contributed by atoms with Crippen molar-refractivity contribution in [1.29, 1.82) is 0 Å². The number of nitrogens with zero attached hydrogens (tertiary/aromatic N) is 1. The second-order valence-corrected chi connectivity index (χ2v) is 9.33. The predicted molar refractivity (Wildman–Crippen MR) is 117 cm³/mol. The molecule has 31 heavy (non-hydrogen) atoms. The Labute approximate surface area is 183 Å². The Bertz CT molecular complexity index is 1050. The van der Waals surface area contributed by atoms with Crippen molar-refractivity contribution in [3.8, 4) is 17.2 Å². The summed E-state index contributed by atoms with van der Waals surface area (Å²) < 4.78 is 43.4. The molecule has 0 saturated carbocycles. The van der Waals surface area contributed by atoms with Crippen molar-refractivity contribution in [2.75, 3.05) is 39.7 Å². The Kier molecular flexibility index (Phi) is 7.07. The minimum atomic E-state index is -3.71. The minimum absolute atomic E-state index is 0.123. The molecular formula is C22H28N2O6S. The molecule has 0 aliphatic carbocycles. The highest BCUT2D eigenvalue weighted by Gasteiger charge is 2.33. The lowest BCUT2D eigenvalue weighted by atomic mass is 9.98. The maximum Gasteiger partial charge on any atom is 0.243 e. The normalized spacial score (nSPS) is 17.1. The van der Waals surface area contributed by atoms with Crippen molar-refractivity contribution < 1.29 is 27.4 Å². The lowest BCUT2D eigenvalue weighted by Gasteiger charge is -2.31. The molecule has 1 heterocycles. The first-order valence-corrected chi connectivity index (χ1v) is 11.4. The number of methoxy groups -OCH3 is 3. The fourth-order valence-electron chi connectivity index (χ4n) is 3.67. The number of sulfonamides is 1. The van der Waals surface area contributed by atoms with Gasteiger partial charge in [-0.15, -0.1) is 0 Å². The Balaban J connectivity index is 1.75. The van der Waals surface area contributed by atoms with Gasteiger partial charge < -0.3 is 19.5 Å². The zero-order chi connectivity index (χ0) is 22.6. The van der Waals surface area contributed by atoms with Gasteiger partial charge in [-0.2, -0.15) is 4.31 Å². The zero-order valence-electron chi connectivity index (χ0n) is 18.2. The van der Waals surface area contributed by atoms with E-state index in [1.165, 1.54) is 17.5 Å². The third-order valence-corrected chi connectivity index (χ3v) is 7.29. The lowest BCUT2D eigenvalue weighted by molar-refractivity contribution is -0.120. The van der Waals surface area contributed by atoms with E-state index in [-0.39, 0.29) is 17.3 Å². The van der Waals surface area contributed by atoms with Crippen molar-refractivity contribution in [1.82, 2.24) is 4.31 Å². The van der Waals surface area contributed by atoms with Crippen LogP contribution in [0.1, 0.15) is 18.4 Å². The van der Waals surface area contributed by atoms with Gasteiger partial charge in [-0.3, -0.25) is 4.79 Å². The number of aryl methyl sites for hydroxylation is 1. The molecule has 0 spiro atoms. The van der Waals surface area contributed by atoms with Crippen molar-refractivity contribution in [3.63, 3.8) is 0 Å². The molecule has 1 amide bonds. The minimum Gasteiger partial charge on any atom is -0.497 e. The quantitative estimate of drug-likeness (QED) is 0.700. The molecule has 1 aliphatic rings. The summed E-state index contributed by atoms with van der Waals surface area (Å²) in [6.07, 6.45) is 1.21. The van der Waals surface area contributed by atoms with E-state index in [4.69, 9.17) is 14.2 Å². The molecule has 3 rings (SSSR count). The summed E-state index contributed by atoms with van der Waals surface area (Å²) in [5.41, 5.74) is 1.25. The molecule has 1 N–H and O–H groups in total. The van der Waals surface area contributed by atoms with E-state index in [2.05, 4.69) is 5.32 Å². The fraction of sp³-hybridized carbons (Fsp3) is 0.409. The number of benzene rings is 2. The smallest absolute Gasteiger partial charge is 0.243 e. The van der Waals surface area contributed by atoms with Crippen molar-refractivity contribution in [2.45, 2.75) is 24.7 Å². The van der Waals surface area contributed by atoms with Crippen LogP contribution in [-0.4, -0.2) is 53.0 Å². The van der Waals surface area contributed by atoms with Gasteiger partial charge in [-0.25, -0.2) is 8.42 Å². The number of nitrogens with one attached hydrogen (secondary N) is 1. The number of rotatable bonds is 7. The van der Waals surface area contributed by atoms with Crippen LogP contribution in [0, 0.1) is 12.8 Å². The van der Waals surface area contributed by atoms with E-state index < -0.39 is 15.9 Å². The molecule has 168 valence electrons. The third kappa shape index (κ3) is 4.94. The van der Waals surface area contributed by atoms with Crippen LogP contribution in [0.25, 0.3) is 0 Å². The number of piperidine rings is 1.